The number of hydrogen-bond acceptors (Lipinski definition) is 9. The molecule has 13 nitrogen and oxygen atoms in total. The molecule has 3 aliphatic rings. The SMILES string of the molecule is C=C.CCCn1cc(-c2cc(OC)c(CCN3CCC(CC)CC3)c(OC)c2)c(C)c(C)c1=O.F.O=C1CCN(Cc2cccn(CCN3CCC(O)CC3)c2=O)C(=O)N1.[HH]. The molecule has 1 aromatic carbocycles. The molecule has 0 atom stereocenters. The third-order valence-corrected chi connectivity index (χ3v) is 12.0. The molecule has 60 heavy (non-hydrogen) atoms. The Kier molecular flexibility index (Phi) is 20.2. The number of nitrogens with one attached hydrogen (secondary N) is 1. The Morgan fingerprint density at radius 1 is 0.817 bits per heavy atom. The summed E-state index contributed by atoms with van der Waals surface area (Å²) in [4.78, 5) is 54.6. The van der Waals surface area contributed by atoms with E-state index in [1.165, 1.54) is 37.3 Å². The number of hydrogen-bond donors (Lipinski definition) is 2. The van der Waals surface area contributed by atoms with Crippen molar-refractivity contribution >= 4 is 11.9 Å². The van der Waals surface area contributed by atoms with Crippen LogP contribution in [0.3, 0.4) is 0 Å². The molecule has 6 rings (SSSR count). The summed E-state index contributed by atoms with van der Waals surface area (Å²) in [6.07, 6.45) is 11.1. The topological polar surface area (TPSA) is 139 Å². The fourth-order valence-corrected chi connectivity index (χ4v) is 8.09. The number of amides is 3. The molecule has 3 aromatic rings. The van der Waals surface area contributed by atoms with Crippen LogP contribution in [0.4, 0.5) is 9.50 Å². The highest BCUT2D eigenvalue weighted by atomic mass is 19.0. The van der Waals surface area contributed by atoms with Crippen molar-refractivity contribution in [2.75, 3.05) is 60.0 Å². The summed E-state index contributed by atoms with van der Waals surface area (Å²) in [5.41, 5.74) is 5.54. The Hall–Kier alpha value is -4.79. The Labute approximate surface area is 356 Å². The number of nitrogens with zero attached hydrogens (tertiary/aromatic N) is 5. The Morgan fingerprint density at radius 2 is 1.43 bits per heavy atom. The van der Waals surface area contributed by atoms with E-state index < -0.39 is 6.03 Å². The van der Waals surface area contributed by atoms with Crippen molar-refractivity contribution in [3.8, 4) is 22.6 Å². The predicted molar refractivity (Wildman–Crippen MR) is 239 cm³/mol. The molecule has 14 heteroatoms. The average molecular weight is 839 g/mol. The maximum absolute atomic E-state index is 12.6. The second-order valence-electron chi connectivity index (χ2n) is 15.7. The molecule has 3 fully saturated rings. The number of carbonyl (C=O) groups excluding carboxylic acids is 2. The van der Waals surface area contributed by atoms with Crippen molar-refractivity contribution in [2.24, 2.45) is 5.92 Å². The molecule has 3 amide bonds. The van der Waals surface area contributed by atoms with Gasteiger partial charge in [0.2, 0.25) is 5.91 Å². The number of likely N-dealkylation sites (tertiary alicyclic amines) is 2. The predicted octanol–water partition coefficient (Wildman–Crippen LogP) is 6.17. The van der Waals surface area contributed by atoms with Crippen LogP contribution >= 0.6 is 0 Å². The van der Waals surface area contributed by atoms with Gasteiger partial charge in [0.15, 0.2) is 0 Å². The van der Waals surface area contributed by atoms with Gasteiger partial charge < -0.3 is 38.4 Å². The van der Waals surface area contributed by atoms with Gasteiger partial charge in [-0.25, -0.2) is 4.79 Å². The molecule has 0 bridgehead atoms. The molecule has 0 saturated carbocycles. The van der Waals surface area contributed by atoms with Gasteiger partial charge in [-0.3, -0.25) is 24.4 Å². The zero-order chi connectivity index (χ0) is 43.1. The van der Waals surface area contributed by atoms with E-state index in [1.54, 1.807) is 31.0 Å². The van der Waals surface area contributed by atoms with Crippen LogP contribution in [0.2, 0.25) is 0 Å². The molecule has 334 valence electrons. The molecule has 2 aromatic heterocycles. The molecule has 0 spiro atoms. The molecule has 5 heterocycles. The number of aryl methyl sites for hydroxylation is 1. The van der Waals surface area contributed by atoms with Gasteiger partial charge in [-0.05, 0) is 101 Å². The van der Waals surface area contributed by atoms with Crippen LogP contribution in [0, 0.1) is 19.8 Å². The fraction of sp³-hybridized carbons (Fsp3) is 0.565. The number of methoxy groups -OCH3 is 2. The van der Waals surface area contributed by atoms with E-state index >= 15 is 0 Å². The number of aliphatic hydroxyl groups excluding tert-OH is 1. The van der Waals surface area contributed by atoms with E-state index in [9.17, 15) is 24.3 Å². The summed E-state index contributed by atoms with van der Waals surface area (Å²) in [5.74, 6) is 2.32. The van der Waals surface area contributed by atoms with Crippen molar-refractivity contribution in [2.45, 2.75) is 105 Å². The molecular weight excluding hydrogens is 768 g/mol. The molecule has 0 radical (unpaired) electrons. The minimum atomic E-state index is -0.446. The van der Waals surface area contributed by atoms with Gasteiger partial charge in [-0.2, -0.15) is 0 Å². The van der Waals surface area contributed by atoms with Gasteiger partial charge in [-0.1, -0.05) is 26.3 Å². The van der Waals surface area contributed by atoms with E-state index in [-0.39, 0.29) is 42.2 Å². The lowest BCUT2D eigenvalue weighted by molar-refractivity contribution is -0.121. The van der Waals surface area contributed by atoms with Gasteiger partial charge in [-0.15, -0.1) is 13.2 Å². The number of halogens is 1. The molecule has 0 unspecified atom stereocenters. The highest BCUT2D eigenvalue weighted by Crippen LogP contribution is 2.37. The number of pyridine rings is 2. The highest BCUT2D eigenvalue weighted by Gasteiger charge is 2.25. The van der Waals surface area contributed by atoms with Crippen molar-refractivity contribution in [1.29, 1.82) is 0 Å². The number of imide groups is 1. The molecule has 3 aliphatic heterocycles. The first-order valence-electron chi connectivity index (χ1n) is 21.3. The molecule has 3 saturated heterocycles. The number of carbonyl (C=O) groups is 2. The summed E-state index contributed by atoms with van der Waals surface area (Å²) in [6.45, 7) is 22.0. The van der Waals surface area contributed by atoms with Crippen LogP contribution in [0.5, 0.6) is 11.5 Å². The van der Waals surface area contributed by atoms with Crippen molar-refractivity contribution in [3.05, 3.63) is 92.8 Å². The zero-order valence-electron chi connectivity index (χ0n) is 36.8. The second-order valence-corrected chi connectivity index (χ2v) is 15.7. The number of aromatic nitrogens is 2. The summed E-state index contributed by atoms with van der Waals surface area (Å²) < 4.78 is 15.1. The minimum absolute atomic E-state index is 0. The van der Waals surface area contributed by atoms with Crippen molar-refractivity contribution < 1.29 is 30.3 Å². The number of piperidine rings is 2. The quantitative estimate of drug-likeness (QED) is 0.183. The normalized spacial score (nSPS) is 16.5. The van der Waals surface area contributed by atoms with Crippen LogP contribution < -0.4 is 25.9 Å². The first kappa shape index (κ1) is 49.6. The zero-order valence-corrected chi connectivity index (χ0v) is 36.8. The Balaban J connectivity index is 0.000000401. The van der Waals surface area contributed by atoms with Crippen LogP contribution in [-0.4, -0.2) is 107 Å². The van der Waals surface area contributed by atoms with E-state index in [0.717, 1.165) is 97.1 Å². The first-order valence-corrected chi connectivity index (χ1v) is 21.3. The van der Waals surface area contributed by atoms with Gasteiger partial charge in [0.1, 0.15) is 11.5 Å². The second kappa shape index (κ2) is 24.5. The summed E-state index contributed by atoms with van der Waals surface area (Å²) >= 11 is 0. The molecule has 2 N–H and O–H groups in total. The lowest BCUT2D eigenvalue weighted by Crippen LogP contribution is -2.49. The Morgan fingerprint density at radius 3 is 2.02 bits per heavy atom. The van der Waals surface area contributed by atoms with E-state index in [1.807, 2.05) is 30.7 Å². The fourth-order valence-electron chi connectivity index (χ4n) is 8.09. The lowest BCUT2D eigenvalue weighted by Gasteiger charge is -2.31. The van der Waals surface area contributed by atoms with E-state index in [2.05, 4.69) is 54.3 Å². The van der Waals surface area contributed by atoms with Gasteiger partial charge in [0, 0.05) is 88.3 Å². The van der Waals surface area contributed by atoms with E-state index in [0.29, 0.717) is 25.2 Å². The van der Waals surface area contributed by atoms with Crippen molar-refractivity contribution in [3.63, 3.8) is 0 Å². The third kappa shape index (κ3) is 13.1. The minimum Gasteiger partial charge on any atom is -0.496 e. The summed E-state index contributed by atoms with van der Waals surface area (Å²) in [6, 6.07) is 7.29. The van der Waals surface area contributed by atoms with Gasteiger partial charge in [0.05, 0.1) is 26.9 Å². The largest absolute Gasteiger partial charge is 0.496 e. The van der Waals surface area contributed by atoms with E-state index in [4.69, 9.17) is 9.47 Å². The monoisotopic (exact) mass is 839 g/mol. The number of urea groups is 1. The van der Waals surface area contributed by atoms with Crippen LogP contribution in [-0.2, 0) is 30.8 Å². The van der Waals surface area contributed by atoms with Gasteiger partial charge >= 0.3 is 6.03 Å². The lowest BCUT2D eigenvalue weighted by atomic mass is 9.94. The van der Waals surface area contributed by atoms with Crippen molar-refractivity contribution in [1.82, 2.24) is 29.2 Å². The maximum atomic E-state index is 12.6. The standard InChI is InChI=1S/C27H40N2O3.C17H24N4O4.C2H4.FH.H2/c1-7-12-29-18-24(19(3)20(4)27(29)30)22-16-25(31-5)23(26(17-22)32-6)11-15-28-13-9-21(8-2)10-14-28;22-14-3-7-19(8-4-14)10-11-20-6-1-2-13(16(20)24)12-21-9-5-15(23)18-17(21)25;1-2;;/h16-18,21H,7-15H2,1-6H3;1-2,6,14,22H,3-5,7-12H2,(H,18,23,25);1-2H2;2*1H. The number of rotatable bonds is 14. The Bertz CT molecular complexity index is 1950. The number of benzene rings is 1. The third-order valence-electron chi connectivity index (χ3n) is 12.0. The van der Waals surface area contributed by atoms with Crippen LogP contribution in [0.1, 0.15) is 82.5 Å². The first-order chi connectivity index (χ1) is 28.5. The van der Waals surface area contributed by atoms with Gasteiger partial charge in [0.25, 0.3) is 11.1 Å². The number of ether oxygens (including phenoxy) is 2. The summed E-state index contributed by atoms with van der Waals surface area (Å²) in [7, 11) is 3.45. The maximum Gasteiger partial charge on any atom is 0.324 e. The molecular formula is C46H71FN6O7. The molecule has 0 aliphatic carbocycles. The van der Waals surface area contributed by atoms with Crippen LogP contribution in [0.15, 0.2) is 59.4 Å². The smallest absolute Gasteiger partial charge is 0.324 e. The average Bonchev–Trinajstić information content (AvgIpc) is 3.25. The summed E-state index contributed by atoms with van der Waals surface area (Å²) in [5, 5.41) is 11.8. The van der Waals surface area contributed by atoms with Crippen LogP contribution in [0.25, 0.3) is 11.1 Å². The highest BCUT2D eigenvalue weighted by molar-refractivity contribution is 5.96. The number of aliphatic hydroxyl groups is 1.